The van der Waals surface area contributed by atoms with Gasteiger partial charge in [0.1, 0.15) is 0 Å². The molecule has 0 saturated heterocycles. The number of rotatable bonds is 7. The number of aryl methyl sites for hydroxylation is 4. The molecule has 5 aromatic rings. The molecule has 0 saturated carbocycles. The van der Waals surface area contributed by atoms with Gasteiger partial charge in [0.05, 0.1) is 11.5 Å². The zero-order chi connectivity index (χ0) is 35.3. The summed E-state index contributed by atoms with van der Waals surface area (Å²) in [6, 6.07) is 19.6. The smallest absolute Gasteiger partial charge is 0.671 e. The van der Waals surface area contributed by atoms with Crippen LogP contribution in [-0.4, -0.2) is 51.8 Å². The maximum atomic E-state index is 5.63. The van der Waals surface area contributed by atoms with Crippen LogP contribution in [0.2, 0.25) is 0 Å². The minimum atomic E-state index is -0.211. The van der Waals surface area contributed by atoms with E-state index in [2.05, 4.69) is 142 Å². The summed E-state index contributed by atoms with van der Waals surface area (Å²) in [4.78, 5) is 5.30. The zero-order valence-electron chi connectivity index (χ0n) is 31.7. The molecule has 2 heterocycles. The summed E-state index contributed by atoms with van der Waals surface area (Å²) >= 11 is 1.78. The molecule has 1 unspecified atom stereocenters. The summed E-state index contributed by atoms with van der Waals surface area (Å²) in [5.74, 6) is 1.73. The molecule has 1 atom stereocenters. The van der Waals surface area contributed by atoms with Crippen molar-refractivity contribution in [1.29, 1.82) is 0 Å². The molecule has 5 rings (SSSR count). The Kier molecular flexibility index (Phi) is 19.4. The van der Waals surface area contributed by atoms with E-state index in [1.807, 2.05) is 0 Å². The van der Waals surface area contributed by atoms with Gasteiger partial charge in [-0.1, -0.05) is 92.9 Å². The Morgan fingerprint density at radius 2 is 1.23 bits per heavy atom. The maximum Gasteiger partial charge on any atom is 4.00 e. The van der Waals surface area contributed by atoms with Gasteiger partial charge in [0, 0.05) is 34.3 Å². The quantitative estimate of drug-likeness (QED) is 0.151. The van der Waals surface area contributed by atoms with Crippen molar-refractivity contribution in [1.82, 2.24) is 9.55 Å². The Bertz CT molecular complexity index is 1620. The first-order valence-electron chi connectivity index (χ1n) is 16.2. The van der Waals surface area contributed by atoms with E-state index in [1.165, 1.54) is 49.0 Å². The summed E-state index contributed by atoms with van der Waals surface area (Å²) in [6.45, 7) is 15.6. The van der Waals surface area contributed by atoms with Crippen molar-refractivity contribution in [2.45, 2.75) is 66.3 Å². The predicted octanol–water partition coefficient (Wildman–Crippen LogP) is 12.1. The van der Waals surface area contributed by atoms with Gasteiger partial charge in [-0.25, -0.2) is 4.98 Å². The first-order chi connectivity index (χ1) is 22.4. The summed E-state index contributed by atoms with van der Waals surface area (Å²) < 4.78 is 3.47. The molecule has 48 heavy (non-hydrogen) atoms. The molecule has 0 aliphatic rings. The number of benzene rings is 3. The fraction of sp³-hybridized carbons (Fsp3) is 0.425. The van der Waals surface area contributed by atoms with Crippen molar-refractivity contribution in [3.8, 4) is 11.3 Å². The van der Waals surface area contributed by atoms with Crippen LogP contribution in [0.1, 0.15) is 84.8 Å². The monoisotopic (exact) mass is 832 g/mol. The summed E-state index contributed by atoms with van der Waals surface area (Å²) in [5.41, 5.74) is 10.9. The zero-order valence-corrected chi connectivity index (χ0v) is 36.1. The third-order valence-corrected chi connectivity index (χ3v) is 8.49. The number of hydrogen-bond donors (Lipinski definition) is 0. The third kappa shape index (κ3) is 11.2. The van der Waals surface area contributed by atoms with Gasteiger partial charge in [-0.05, 0) is 61.4 Å². The van der Waals surface area contributed by atoms with E-state index in [0.717, 1.165) is 17.2 Å². The van der Waals surface area contributed by atoms with Crippen LogP contribution in [-0.2, 0) is 32.9 Å². The van der Waals surface area contributed by atoms with E-state index in [4.69, 9.17) is 10.3 Å². The van der Waals surface area contributed by atoms with Crippen LogP contribution in [0, 0.1) is 20.8 Å². The molecule has 6 nitrogen and oxygen atoms in total. The van der Waals surface area contributed by atoms with Crippen LogP contribution in [0.15, 0.2) is 66.2 Å². The molecule has 8 heteroatoms. The van der Waals surface area contributed by atoms with Gasteiger partial charge < -0.3 is 25.8 Å². The number of fused-ring (bicyclic) bond motifs is 1. The van der Waals surface area contributed by atoms with Crippen molar-refractivity contribution in [2.24, 2.45) is 7.05 Å². The Labute approximate surface area is 314 Å². The third-order valence-electron chi connectivity index (χ3n) is 7.53. The molecule has 0 aliphatic carbocycles. The second kappa shape index (κ2) is 21.5. The minimum absolute atomic E-state index is 0. The first kappa shape index (κ1) is 43.4. The predicted molar refractivity (Wildman–Crippen MR) is 210 cm³/mol. The molecule has 0 radical (unpaired) electrons. The second-order valence-electron chi connectivity index (χ2n) is 12.5. The van der Waals surface area contributed by atoms with Crippen molar-refractivity contribution < 1.29 is 25.8 Å². The minimum Gasteiger partial charge on any atom is -0.671 e. The number of nitrogens with zero attached hydrogens (tertiary/aromatic N) is 6. The fourth-order valence-electron chi connectivity index (χ4n) is 5.70. The van der Waals surface area contributed by atoms with E-state index < -0.39 is 0 Å². The van der Waals surface area contributed by atoms with Crippen LogP contribution >= 0.6 is 11.3 Å². The molecule has 0 bridgehead atoms. The molecule has 0 spiro atoms. The van der Waals surface area contributed by atoms with E-state index in [1.54, 1.807) is 53.6 Å². The summed E-state index contributed by atoms with van der Waals surface area (Å²) in [7, 11) is 12.6. The average Bonchev–Trinajstić information content (AvgIpc) is 3.60. The maximum absolute atomic E-state index is 5.63. The SMILES string of the molecule is C[N-]C.C[N-]C.C[N-]C.Cc1cc(C)c(C([N-]c2c(C(C)C)cccc2C(C)C)c2nc(-c3csc4ccccc34)cn2C)c(C)c1.[Hf+4]. The van der Waals surface area contributed by atoms with E-state index in [0.29, 0.717) is 11.8 Å². The van der Waals surface area contributed by atoms with Crippen LogP contribution in [0.25, 0.3) is 42.6 Å². The van der Waals surface area contributed by atoms with Crippen LogP contribution < -0.4 is 0 Å². The molecular formula is C40H56HfN6S. The van der Waals surface area contributed by atoms with Gasteiger partial charge in [-0.15, -0.1) is 17.0 Å². The van der Waals surface area contributed by atoms with Crippen molar-refractivity contribution >= 4 is 27.1 Å². The van der Waals surface area contributed by atoms with E-state index in [9.17, 15) is 0 Å². The molecule has 3 aromatic carbocycles. The van der Waals surface area contributed by atoms with Gasteiger partial charge in [0.15, 0.2) is 0 Å². The van der Waals surface area contributed by atoms with Crippen molar-refractivity contribution in [3.05, 3.63) is 127 Å². The largest absolute Gasteiger partial charge is 4.00 e. The number of imidazole rings is 1. The molecular weight excluding hydrogens is 775 g/mol. The molecule has 0 N–H and O–H groups in total. The van der Waals surface area contributed by atoms with Crippen LogP contribution in [0.3, 0.4) is 0 Å². The Balaban J connectivity index is 0.00000104. The Hall–Kier alpha value is -2.62. The Morgan fingerprint density at radius 3 is 1.73 bits per heavy atom. The topological polar surface area (TPSA) is 74.2 Å². The number of aromatic nitrogens is 2. The molecule has 0 aliphatic heterocycles. The van der Waals surface area contributed by atoms with Crippen molar-refractivity contribution in [3.63, 3.8) is 0 Å². The first-order valence-corrected chi connectivity index (χ1v) is 17.1. The molecule has 256 valence electrons. The number of thiophene rings is 1. The number of hydrogen-bond acceptors (Lipinski definition) is 2. The normalized spacial score (nSPS) is 11.1. The van der Waals surface area contributed by atoms with Gasteiger partial charge in [0.25, 0.3) is 0 Å². The fourth-order valence-corrected chi connectivity index (χ4v) is 6.66. The van der Waals surface area contributed by atoms with E-state index in [-0.39, 0.29) is 31.9 Å². The van der Waals surface area contributed by atoms with Crippen molar-refractivity contribution in [2.75, 3.05) is 42.3 Å². The van der Waals surface area contributed by atoms with Gasteiger partial charge in [-0.3, -0.25) is 0 Å². The van der Waals surface area contributed by atoms with Crippen LogP contribution in [0.4, 0.5) is 5.69 Å². The molecule has 0 amide bonds. The number of para-hydroxylation sites is 1. The molecule has 2 aromatic heterocycles. The van der Waals surface area contributed by atoms with Crippen LogP contribution in [0.5, 0.6) is 0 Å². The van der Waals surface area contributed by atoms with Gasteiger partial charge >= 0.3 is 25.8 Å². The van der Waals surface area contributed by atoms with Gasteiger partial charge in [0.2, 0.25) is 0 Å². The standard InChI is InChI=1S/C34H38N3S.3C2H6N.Hf/c1-20(2)25-13-11-14-26(21(3)4)32(25)36-33(31-23(6)16-22(5)17-24(31)7)34-35-29(18-37(34)8)28-19-38-30-15-10-9-12-27(28)30;3*1-3-2;/h9-21,33H,1-8H3;3*1-2H3;/q4*-1;+4. The summed E-state index contributed by atoms with van der Waals surface area (Å²) in [5, 5.41) is 19.6. The van der Waals surface area contributed by atoms with Gasteiger partial charge in [-0.2, -0.15) is 42.3 Å². The molecule has 0 fully saturated rings. The summed E-state index contributed by atoms with van der Waals surface area (Å²) in [6.07, 6.45) is 2.17. The Morgan fingerprint density at radius 1 is 0.729 bits per heavy atom. The van der Waals surface area contributed by atoms with E-state index >= 15 is 0 Å². The second-order valence-corrected chi connectivity index (χ2v) is 13.4. The average molecular weight is 831 g/mol.